The Bertz CT molecular complexity index is 1420. The summed E-state index contributed by atoms with van der Waals surface area (Å²) in [6.07, 6.45) is 1.62. The lowest BCUT2D eigenvalue weighted by Crippen LogP contribution is -2.46. The second-order valence-electron chi connectivity index (χ2n) is 9.20. The van der Waals surface area contributed by atoms with Crippen molar-refractivity contribution in [2.24, 2.45) is 0 Å². The van der Waals surface area contributed by atoms with Crippen LogP contribution in [0.15, 0.2) is 53.6 Å². The van der Waals surface area contributed by atoms with Crippen LogP contribution >= 0.6 is 0 Å². The number of carbonyl (C=O) groups is 1. The van der Waals surface area contributed by atoms with E-state index in [2.05, 4.69) is 20.2 Å². The lowest BCUT2D eigenvalue weighted by molar-refractivity contribution is 0.0994. The molecule has 0 radical (unpaired) electrons. The van der Waals surface area contributed by atoms with Gasteiger partial charge in [-0.3, -0.25) is 4.79 Å². The van der Waals surface area contributed by atoms with Crippen molar-refractivity contribution in [3.05, 3.63) is 59.8 Å². The number of amides is 1. The first kappa shape index (κ1) is 24.2. The van der Waals surface area contributed by atoms with E-state index in [1.807, 2.05) is 44.1 Å². The molecule has 1 aromatic heterocycles. The average molecular weight is 508 g/mol. The third kappa shape index (κ3) is 4.29. The molecule has 3 aromatic rings. The van der Waals surface area contributed by atoms with Gasteiger partial charge < -0.3 is 20.0 Å². The molecule has 0 atom stereocenters. The van der Waals surface area contributed by atoms with Crippen LogP contribution in [-0.2, 0) is 10.0 Å². The molecule has 0 bridgehead atoms. The van der Waals surface area contributed by atoms with E-state index in [4.69, 9.17) is 0 Å². The molecule has 1 fully saturated rings. The SMILES string of the molecule is Cc1ccc2c(c1)C(=O)N(C)c1cnc(Nc3ccc(S(=O)(=O)N4CCN(C)CC4)cc3)nc1N2C. The highest BCUT2D eigenvalue weighted by atomic mass is 32.2. The van der Waals surface area contributed by atoms with Crippen molar-refractivity contribution in [2.45, 2.75) is 11.8 Å². The highest BCUT2D eigenvalue weighted by Crippen LogP contribution is 2.38. The minimum absolute atomic E-state index is 0.124. The standard InChI is InChI=1S/C25H29N7O3S/c1-17-5-10-21-20(15-17)24(33)31(4)22-16-26-25(28-23(22)30(21)3)27-18-6-8-19(9-7-18)36(34,35)32-13-11-29(2)12-14-32/h5-10,15-16H,11-14H2,1-4H3,(H,26,27,28). The van der Waals surface area contributed by atoms with Gasteiger partial charge in [0.1, 0.15) is 5.69 Å². The topological polar surface area (TPSA) is 102 Å². The zero-order valence-electron chi connectivity index (χ0n) is 20.8. The van der Waals surface area contributed by atoms with E-state index in [-0.39, 0.29) is 10.8 Å². The molecule has 1 N–H and O–H groups in total. The smallest absolute Gasteiger partial charge is 0.260 e. The Morgan fingerprint density at radius 1 is 0.889 bits per heavy atom. The van der Waals surface area contributed by atoms with Gasteiger partial charge in [-0.15, -0.1) is 0 Å². The second-order valence-corrected chi connectivity index (χ2v) is 11.1. The molecule has 2 aromatic carbocycles. The third-order valence-corrected chi connectivity index (χ3v) is 8.60. The molecule has 0 saturated carbocycles. The molecule has 1 amide bonds. The number of nitrogens with one attached hydrogen (secondary N) is 1. The molecule has 10 nitrogen and oxygen atoms in total. The highest BCUT2D eigenvalue weighted by molar-refractivity contribution is 7.89. The number of aryl methyl sites for hydroxylation is 1. The van der Waals surface area contributed by atoms with E-state index in [0.29, 0.717) is 54.9 Å². The maximum Gasteiger partial charge on any atom is 0.260 e. The molecule has 188 valence electrons. The number of carbonyl (C=O) groups excluding carboxylic acids is 1. The third-order valence-electron chi connectivity index (χ3n) is 6.69. The van der Waals surface area contributed by atoms with Crippen molar-refractivity contribution in [2.75, 3.05) is 62.4 Å². The molecule has 0 aliphatic carbocycles. The number of hydrogen-bond acceptors (Lipinski definition) is 8. The average Bonchev–Trinajstić information content (AvgIpc) is 2.94. The second kappa shape index (κ2) is 9.16. The molecule has 36 heavy (non-hydrogen) atoms. The number of likely N-dealkylation sites (N-methyl/N-ethyl adjacent to an activating group) is 1. The monoisotopic (exact) mass is 507 g/mol. The van der Waals surface area contributed by atoms with Gasteiger partial charge in [-0.2, -0.15) is 9.29 Å². The summed E-state index contributed by atoms with van der Waals surface area (Å²) in [6, 6.07) is 12.4. The predicted molar refractivity (Wildman–Crippen MR) is 140 cm³/mol. The lowest BCUT2D eigenvalue weighted by Gasteiger charge is -2.31. The summed E-state index contributed by atoms with van der Waals surface area (Å²) in [5.41, 5.74) is 3.62. The number of rotatable bonds is 4. The Labute approximate surface area is 211 Å². The minimum atomic E-state index is -3.54. The molecule has 5 rings (SSSR count). The molecule has 2 aliphatic heterocycles. The number of nitrogens with zero attached hydrogens (tertiary/aromatic N) is 6. The van der Waals surface area contributed by atoms with E-state index in [0.717, 1.165) is 11.3 Å². The molecule has 0 spiro atoms. The number of benzene rings is 2. The maximum atomic E-state index is 13.1. The van der Waals surface area contributed by atoms with Crippen LogP contribution in [0.3, 0.4) is 0 Å². The summed E-state index contributed by atoms with van der Waals surface area (Å²) in [7, 11) is 2.03. The van der Waals surface area contributed by atoms with Crippen LogP contribution in [0.2, 0.25) is 0 Å². The van der Waals surface area contributed by atoms with Crippen molar-refractivity contribution in [3.8, 4) is 0 Å². The number of piperazine rings is 1. The fraction of sp³-hybridized carbons (Fsp3) is 0.320. The van der Waals surface area contributed by atoms with Gasteiger partial charge >= 0.3 is 0 Å². The first-order chi connectivity index (χ1) is 17.1. The van der Waals surface area contributed by atoms with Crippen LogP contribution in [-0.4, -0.2) is 80.8 Å². The van der Waals surface area contributed by atoms with Gasteiger partial charge in [0.25, 0.3) is 5.91 Å². The van der Waals surface area contributed by atoms with Crippen LogP contribution in [0.1, 0.15) is 15.9 Å². The van der Waals surface area contributed by atoms with E-state index in [9.17, 15) is 13.2 Å². The zero-order valence-corrected chi connectivity index (χ0v) is 21.6. The predicted octanol–water partition coefficient (Wildman–Crippen LogP) is 2.82. The highest BCUT2D eigenvalue weighted by Gasteiger charge is 2.30. The van der Waals surface area contributed by atoms with Gasteiger partial charge in [0.05, 0.1) is 22.3 Å². The van der Waals surface area contributed by atoms with Gasteiger partial charge in [0.15, 0.2) is 5.82 Å². The van der Waals surface area contributed by atoms with Crippen molar-refractivity contribution >= 4 is 44.8 Å². The largest absolute Gasteiger partial charge is 0.327 e. The van der Waals surface area contributed by atoms with Crippen LogP contribution in [0.25, 0.3) is 0 Å². The summed E-state index contributed by atoms with van der Waals surface area (Å²) in [5, 5.41) is 3.15. The number of aromatic nitrogens is 2. The first-order valence-corrected chi connectivity index (χ1v) is 13.1. The normalized spacial score (nSPS) is 16.9. The molecule has 3 heterocycles. The van der Waals surface area contributed by atoms with Crippen LogP contribution in [0.5, 0.6) is 0 Å². The Morgan fingerprint density at radius 2 is 1.58 bits per heavy atom. The zero-order chi connectivity index (χ0) is 25.6. The summed E-state index contributed by atoms with van der Waals surface area (Å²) < 4.78 is 27.5. The van der Waals surface area contributed by atoms with Crippen molar-refractivity contribution in [1.29, 1.82) is 0 Å². The molecule has 0 unspecified atom stereocenters. The fourth-order valence-electron chi connectivity index (χ4n) is 4.44. The van der Waals surface area contributed by atoms with E-state index >= 15 is 0 Å². The van der Waals surface area contributed by atoms with Gasteiger partial charge in [-0.1, -0.05) is 11.6 Å². The van der Waals surface area contributed by atoms with Crippen LogP contribution in [0, 0.1) is 6.92 Å². The van der Waals surface area contributed by atoms with Gasteiger partial charge in [0, 0.05) is 46.0 Å². The Kier molecular flexibility index (Phi) is 6.15. The Hall–Kier alpha value is -3.54. The van der Waals surface area contributed by atoms with Gasteiger partial charge in [0.2, 0.25) is 16.0 Å². The molecular formula is C25H29N7O3S. The Morgan fingerprint density at radius 3 is 2.28 bits per heavy atom. The number of sulfonamides is 1. The van der Waals surface area contributed by atoms with Gasteiger partial charge in [-0.25, -0.2) is 13.4 Å². The minimum Gasteiger partial charge on any atom is -0.327 e. The number of hydrogen-bond donors (Lipinski definition) is 1. The van der Waals surface area contributed by atoms with E-state index in [1.54, 1.807) is 42.4 Å². The summed E-state index contributed by atoms with van der Waals surface area (Å²) in [4.78, 5) is 28.0. The molecule has 2 aliphatic rings. The fourth-order valence-corrected chi connectivity index (χ4v) is 5.87. The van der Waals surface area contributed by atoms with Crippen molar-refractivity contribution in [1.82, 2.24) is 19.2 Å². The number of anilines is 5. The van der Waals surface area contributed by atoms with Crippen LogP contribution < -0.4 is 15.1 Å². The first-order valence-electron chi connectivity index (χ1n) is 11.7. The van der Waals surface area contributed by atoms with E-state index < -0.39 is 10.0 Å². The molecule has 11 heteroatoms. The summed E-state index contributed by atoms with van der Waals surface area (Å²) >= 11 is 0. The molecule has 1 saturated heterocycles. The lowest BCUT2D eigenvalue weighted by atomic mass is 10.1. The maximum absolute atomic E-state index is 13.1. The number of fused-ring (bicyclic) bond motifs is 2. The van der Waals surface area contributed by atoms with E-state index in [1.165, 1.54) is 4.31 Å². The van der Waals surface area contributed by atoms with Crippen molar-refractivity contribution < 1.29 is 13.2 Å². The Balaban J connectivity index is 1.40. The van der Waals surface area contributed by atoms with Crippen LogP contribution in [0.4, 0.5) is 28.8 Å². The molecular weight excluding hydrogens is 478 g/mol. The quantitative estimate of drug-likeness (QED) is 0.575. The van der Waals surface area contributed by atoms with Gasteiger partial charge in [-0.05, 0) is 50.4 Å². The summed E-state index contributed by atoms with van der Waals surface area (Å²) in [5.74, 6) is 0.799. The van der Waals surface area contributed by atoms with Crippen molar-refractivity contribution in [3.63, 3.8) is 0 Å². The summed E-state index contributed by atoms with van der Waals surface area (Å²) in [6.45, 7) is 4.35.